The van der Waals surface area contributed by atoms with Gasteiger partial charge in [-0.3, -0.25) is 14.5 Å². The SMILES string of the molecule is CN(C)C(=O)NCC(=O)N1CCC(N2CCC[C@@H](C(=O)O)C2)CC1. The zero-order chi connectivity index (χ0) is 17.7. The van der Waals surface area contributed by atoms with Crippen molar-refractivity contribution in [2.24, 2.45) is 5.92 Å². The molecule has 0 aromatic heterocycles. The van der Waals surface area contributed by atoms with E-state index in [-0.39, 0.29) is 24.4 Å². The number of hydrogen-bond donors (Lipinski definition) is 2. The summed E-state index contributed by atoms with van der Waals surface area (Å²) < 4.78 is 0. The van der Waals surface area contributed by atoms with E-state index in [0.29, 0.717) is 25.7 Å². The van der Waals surface area contributed by atoms with Crippen LogP contribution < -0.4 is 5.32 Å². The van der Waals surface area contributed by atoms with Gasteiger partial charge in [0.15, 0.2) is 0 Å². The van der Waals surface area contributed by atoms with Gasteiger partial charge in [0, 0.05) is 39.8 Å². The van der Waals surface area contributed by atoms with Gasteiger partial charge in [0.1, 0.15) is 0 Å². The van der Waals surface area contributed by atoms with Crippen LogP contribution in [0.25, 0.3) is 0 Å². The first kappa shape index (κ1) is 18.5. The first-order chi connectivity index (χ1) is 11.4. The molecular weight excluding hydrogens is 312 g/mol. The molecule has 1 atom stereocenters. The van der Waals surface area contributed by atoms with Gasteiger partial charge in [-0.2, -0.15) is 0 Å². The fourth-order valence-corrected chi connectivity index (χ4v) is 3.44. The van der Waals surface area contributed by atoms with Crippen molar-refractivity contribution in [1.29, 1.82) is 0 Å². The minimum Gasteiger partial charge on any atom is -0.481 e. The molecule has 2 rings (SSSR count). The number of carboxylic acids is 1. The molecule has 2 heterocycles. The number of carboxylic acid groups (broad SMARTS) is 1. The Morgan fingerprint density at radius 3 is 2.38 bits per heavy atom. The number of aliphatic carboxylic acids is 1. The Balaban J connectivity index is 1.75. The monoisotopic (exact) mass is 340 g/mol. The molecule has 8 heteroatoms. The second kappa shape index (κ2) is 8.32. The molecule has 2 fully saturated rings. The molecule has 3 amide bonds. The smallest absolute Gasteiger partial charge is 0.317 e. The quantitative estimate of drug-likeness (QED) is 0.754. The first-order valence-corrected chi connectivity index (χ1v) is 8.58. The lowest BCUT2D eigenvalue weighted by Gasteiger charge is -2.41. The van der Waals surface area contributed by atoms with Crippen LogP contribution in [0.1, 0.15) is 25.7 Å². The summed E-state index contributed by atoms with van der Waals surface area (Å²) in [4.78, 5) is 40.3. The maximum absolute atomic E-state index is 12.2. The minimum atomic E-state index is -0.705. The Labute approximate surface area is 142 Å². The molecule has 2 aliphatic heterocycles. The van der Waals surface area contributed by atoms with Crippen LogP contribution in [0.15, 0.2) is 0 Å². The van der Waals surface area contributed by atoms with Crippen molar-refractivity contribution in [3.63, 3.8) is 0 Å². The van der Waals surface area contributed by atoms with Crippen molar-refractivity contribution in [2.75, 3.05) is 46.8 Å². The molecule has 136 valence electrons. The highest BCUT2D eigenvalue weighted by Crippen LogP contribution is 2.24. The predicted molar refractivity (Wildman–Crippen MR) is 88.6 cm³/mol. The van der Waals surface area contributed by atoms with Gasteiger partial charge in [-0.1, -0.05) is 0 Å². The van der Waals surface area contributed by atoms with E-state index in [0.717, 1.165) is 32.2 Å². The van der Waals surface area contributed by atoms with Gasteiger partial charge in [-0.25, -0.2) is 4.79 Å². The summed E-state index contributed by atoms with van der Waals surface area (Å²) in [5.41, 5.74) is 0. The maximum atomic E-state index is 12.2. The molecule has 0 aromatic rings. The van der Waals surface area contributed by atoms with Crippen LogP contribution in [0.5, 0.6) is 0 Å². The molecule has 0 saturated carbocycles. The molecule has 0 aliphatic carbocycles. The van der Waals surface area contributed by atoms with E-state index in [2.05, 4.69) is 10.2 Å². The van der Waals surface area contributed by atoms with Gasteiger partial charge in [0.05, 0.1) is 12.5 Å². The lowest BCUT2D eigenvalue weighted by Crippen LogP contribution is -2.52. The van der Waals surface area contributed by atoms with Crippen LogP contribution in [0, 0.1) is 5.92 Å². The molecule has 2 saturated heterocycles. The zero-order valence-electron chi connectivity index (χ0n) is 14.5. The van der Waals surface area contributed by atoms with E-state index in [1.807, 2.05) is 0 Å². The topological polar surface area (TPSA) is 93.2 Å². The van der Waals surface area contributed by atoms with Crippen molar-refractivity contribution >= 4 is 17.9 Å². The highest BCUT2D eigenvalue weighted by Gasteiger charge is 2.32. The molecule has 0 aromatic carbocycles. The number of likely N-dealkylation sites (tertiary alicyclic amines) is 2. The highest BCUT2D eigenvalue weighted by atomic mass is 16.4. The number of nitrogens with zero attached hydrogens (tertiary/aromatic N) is 3. The van der Waals surface area contributed by atoms with E-state index in [4.69, 9.17) is 0 Å². The van der Waals surface area contributed by atoms with Crippen LogP contribution in [0.3, 0.4) is 0 Å². The van der Waals surface area contributed by atoms with E-state index < -0.39 is 5.97 Å². The molecular formula is C16H28N4O4. The standard InChI is InChI=1S/C16H28N4O4/c1-18(2)16(24)17-10-14(21)19-8-5-13(6-9-19)20-7-3-4-12(11-20)15(22)23/h12-13H,3-11H2,1-2H3,(H,17,24)(H,22,23)/t12-/m1/s1. The summed E-state index contributed by atoms with van der Waals surface area (Å²) in [5.74, 6) is -1.03. The van der Waals surface area contributed by atoms with Crippen molar-refractivity contribution in [2.45, 2.75) is 31.7 Å². The second-order valence-corrected chi connectivity index (χ2v) is 6.84. The highest BCUT2D eigenvalue weighted by molar-refractivity contribution is 5.83. The largest absolute Gasteiger partial charge is 0.481 e. The number of piperidine rings is 2. The Morgan fingerprint density at radius 2 is 1.79 bits per heavy atom. The summed E-state index contributed by atoms with van der Waals surface area (Å²) in [5, 5.41) is 11.8. The number of rotatable bonds is 4. The Kier molecular flexibility index (Phi) is 6.42. The number of nitrogens with one attached hydrogen (secondary N) is 1. The molecule has 0 spiro atoms. The van der Waals surface area contributed by atoms with Crippen molar-refractivity contribution in [1.82, 2.24) is 20.0 Å². The first-order valence-electron chi connectivity index (χ1n) is 8.58. The number of amides is 3. The van der Waals surface area contributed by atoms with Crippen LogP contribution in [-0.4, -0.2) is 90.6 Å². The van der Waals surface area contributed by atoms with Crippen LogP contribution in [0.2, 0.25) is 0 Å². The van der Waals surface area contributed by atoms with Crippen LogP contribution in [-0.2, 0) is 9.59 Å². The number of carbonyl (C=O) groups is 3. The number of urea groups is 1. The third kappa shape index (κ3) is 4.83. The normalized spacial score (nSPS) is 22.9. The van der Waals surface area contributed by atoms with Gasteiger partial charge in [0.25, 0.3) is 0 Å². The lowest BCUT2D eigenvalue weighted by molar-refractivity contribution is -0.144. The third-order valence-corrected chi connectivity index (χ3v) is 4.93. The van der Waals surface area contributed by atoms with E-state index >= 15 is 0 Å². The molecule has 8 nitrogen and oxygen atoms in total. The van der Waals surface area contributed by atoms with Gasteiger partial charge in [0.2, 0.25) is 5.91 Å². The zero-order valence-corrected chi connectivity index (χ0v) is 14.5. The van der Waals surface area contributed by atoms with Gasteiger partial charge >= 0.3 is 12.0 Å². The van der Waals surface area contributed by atoms with Gasteiger partial charge in [-0.15, -0.1) is 0 Å². The average molecular weight is 340 g/mol. The fourth-order valence-electron chi connectivity index (χ4n) is 3.44. The molecule has 0 radical (unpaired) electrons. The molecule has 0 unspecified atom stereocenters. The third-order valence-electron chi connectivity index (χ3n) is 4.93. The maximum Gasteiger partial charge on any atom is 0.317 e. The van der Waals surface area contributed by atoms with Crippen LogP contribution in [0.4, 0.5) is 4.79 Å². The Bertz CT molecular complexity index is 475. The van der Waals surface area contributed by atoms with E-state index in [1.165, 1.54) is 4.90 Å². The summed E-state index contributed by atoms with van der Waals surface area (Å²) in [6.45, 7) is 2.91. The summed E-state index contributed by atoms with van der Waals surface area (Å²) in [7, 11) is 3.27. The van der Waals surface area contributed by atoms with Crippen molar-refractivity contribution in [3.8, 4) is 0 Å². The van der Waals surface area contributed by atoms with Crippen LogP contribution >= 0.6 is 0 Å². The average Bonchev–Trinajstić information content (AvgIpc) is 2.59. The van der Waals surface area contributed by atoms with Gasteiger partial charge < -0.3 is 20.2 Å². The molecule has 24 heavy (non-hydrogen) atoms. The van der Waals surface area contributed by atoms with Crippen molar-refractivity contribution in [3.05, 3.63) is 0 Å². The summed E-state index contributed by atoms with van der Waals surface area (Å²) in [6, 6.07) is 0.0823. The Hall–Kier alpha value is -1.83. The minimum absolute atomic E-state index is 0.0203. The molecule has 0 bridgehead atoms. The fraction of sp³-hybridized carbons (Fsp3) is 0.812. The lowest BCUT2D eigenvalue weighted by atomic mass is 9.94. The van der Waals surface area contributed by atoms with Crippen molar-refractivity contribution < 1.29 is 19.5 Å². The Morgan fingerprint density at radius 1 is 1.12 bits per heavy atom. The second-order valence-electron chi connectivity index (χ2n) is 6.84. The summed E-state index contributed by atoms with van der Waals surface area (Å²) in [6.07, 6.45) is 3.40. The van der Waals surface area contributed by atoms with Gasteiger partial charge in [-0.05, 0) is 32.2 Å². The number of hydrogen-bond acceptors (Lipinski definition) is 4. The summed E-state index contributed by atoms with van der Waals surface area (Å²) >= 11 is 0. The number of carbonyl (C=O) groups excluding carboxylic acids is 2. The molecule has 2 aliphatic rings. The predicted octanol–water partition coefficient (Wildman–Crippen LogP) is 0.0452. The molecule has 2 N–H and O–H groups in total. The van der Waals surface area contributed by atoms with E-state index in [9.17, 15) is 19.5 Å². The van der Waals surface area contributed by atoms with E-state index in [1.54, 1.807) is 19.0 Å².